The number of nitrogens with two attached hydrogens (primary N) is 1. The largest absolute Gasteiger partial charge is 0.330 e. The summed E-state index contributed by atoms with van der Waals surface area (Å²) in [6.07, 6.45) is 27.6. The Kier molecular flexibility index (Phi) is 12.8. The zero-order chi connectivity index (χ0) is 28.4. The van der Waals surface area contributed by atoms with Crippen LogP contribution in [0.1, 0.15) is 118 Å². The van der Waals surface area contributed by atoms with Gasteiger partial charge in [0.1, 0.15) is 0 Å². The molecular formula is C38H59N. The van der Waals surface area contributed by atoms with E-state index in [2.05, 4.69) is 71.6 Å². The van der Waals surface area contributed by atoms with E-state index in [1.165, 1.54) is 80.9 Å². The summed E-state index contributed by atoms with van der Waals surface area (Å²) in [5, 5.41) is 0. The van der Waals surface area contributed by atoms with E-state index < -0.39 is 0 Å². The van der Waals surface area contributed by atoms with Crippen molar-refractivity contribution < 1.29 is 0 Å². The third kappa shape index (κ3) is 8.56. The summed E-state index contributed by atoms with van der Waals surface area (Å²) in [6, 6.07) is 0. The zero-order valence-electron chi connectivity index (χ0n) is 26.2. The molecule has 0 saturated heterocycles. The van der Waals surface area contributed by atoms with Crippen molar-refractivity contribution in [2.24, 2.45) is 35.3 Å². The summed E-state index contributed by atoms with van der Waals surface area (Å²) in [6.45, 7) is 21.5. The van der Waals surface area contributed by atoms with Gasteiger partial charge in [0.25, 0.3) is 0 Å². The van der Waals surface area contributed by atoms with Gasteiger partial charge in [0.15, 0.2) is 0 Å². The van der Waals surface area contributed by atoms with Gasteiger partial charge in [-0.2, -0.15) is 0 Å². The van der Waals surface area contributed by atoms with Gasteiger partial charge >= 0.3 is 0 Å². The van der Waals surface area contributed by atoms with E-state index in [0.29, 0.717) is 29.6 Å². The molecule has 0 spiro atoms. The number of rotatable bonds is 13. The van der Waals surface area contributed by atoms with Gasteiger partial charge in [-0.3, -0.25) is 0 Å². The van der Waals surface area contributed by atoms with Crippen molar-refractivity contribution >= 4 is 0 Å². The fourth-order valence-corrected chi connectivity index (χ4v) is 7.30. The molecule has 3 aliphatic carbocycles. The van der Waals surface area contributed by atoms with Gasteiger partial charge in [-0.15, -0.1) is 6.58 Å². The van der Waals surface area contributed by atoms with Crippen LogP contribution in [0.25, 0.3) is 0 Å². The highest BCUT2D eigenvalue weighted by Crippen LogP contribution is 2.45. The Morgan fingerprint density at radius 2 is 1.95 bits per heavy atom. The maximum atomic E-state index is 6.16. The molecule has 0 aromatic heterocycles. The molecule has 0 radical (unpaired) electrons. The number of hydrogen-bond acceptors (Lipinski definition) is 1. The Morgan fingerprint density at radius 3 is 2.59 bits per heavy atom. The monoisotopic (exact) mass is 529 g/mol. The Labute approximate surface area is 242 Å². The van der Waals surface area contributed by atoms with Crippen molar-refractivity contribution in [2.45, 2.75) is 118 Å². The van der Waals surface area contributed by atoms with Gasteiger partial charge in [-0.25, -0.2) is 0 Å². The fourth-order valence-electron chi connectivity index (χ4n) is 7.30. The Balaban J connectivity index is 1.86. The maximum absolute atomic E-state index is 6.16. The summed E-state index contributed by atoms with van der Waals surface area (Å²) in [7, 11) is 0. The quantitative estimate of drug-likeness (QED) is 0.186. The molecule has 0 amide bonds. The van der Waals surface area contributed by atoms with Gasteiger partial charge in [0.05, 0.1) is 0 Å². The molecule has 5 unspecified atom stereocenters. The molecule has 1 nitrogen and oxygen atoms in total. The van der Waals surface area contributed by atoms with Crippen LogP contribution in [0.5, 0.6) is 0 Å². The van der Waals surface area contributed by atoms with E-state index in [1.807, 2.05) is 0 Å². The Bertz CT molecular complexity index is 996. The summed E-state index contributed by atoms with van der Waals surface area (Å²) in [5.41, 5.74) is 17.2. The molecular weight excluding hydrogens is 470 g/mol. The van der Waals surface area contributed by atoms with Gasteiger partial charge in [-0.1, -0.05) is 93.4 Å². The van der Waals surface area contributed by atoms with Crippen LogP contribution >= 0.6 is 0 Å². The SMILES string of the molecule is C=CC1CCC2=C(CCC(C(C)CC)=C2CCN)CCC1CC(CC1=CCC(C)C=C1)C(=C)C(C)=CCCC. The number of allylic oxidation sites excluding steroid dienone is 11. The predicted octanol–water partition coefficient (Wildman–Crippen LogP) is 11.0. The van der Waals surface area contributed by atoms with Crippen molar-refractivity contribution in [1.82, 2.24) is 0 Å². The third-order valence-corrected chi connectivity index (χ3v) is 10.1. The number of unbranched alkanes of at least 4 members (excludes halogenated alkanes) is 1. The molecule has 216 valence electrons. The summed E-state index contributed by atoms with van der Waals surface area (Å²) >= 11 is 0. The fraction of sp³-hybridized carbons (Fsp3) is 0.632. The second kappa shape index (κ2) is 15.8. The molecule has 1 heteroatoms. The van der Waals surface area contributed by atoms with E-state index in [0.717, 1.165) is 25.8 Å². The second-order valence-corrected chi connectivity index (χ2v) is 12.9. The van der Waals surface area contributed by atoms with Gasteiger partial charge in [0, 0.05) is 0 Å². The smallest absolute Gasteiger partial charge is 0.00366 e. The summed E-state index contributed by atoms with van der Waals surface area (Å²) in [5.74, 6) is 3.07. The molecule has 5 atom stereocenters. The van der Waals surface area contributed by atoms with Crippen LogP contribution in [0.2, 0.25) is 0 Å². The third-order valence-electron chi connectivity index (χ3n) is 10.1. The maximum Gasteiger partial charge on any atom is -0.00366 e. The highest BCUT2D eigenvalue weighted by Gasteiger charge is 2.31. The average molecular weight is 530 g/mol. The van der Waals surface area contributed by atoms with Crippen molar-refractivity contribution in [3.63, 3.8) is 0 Å². The van der Waals surface area contributed by atoms with Crippen molar-refractivity contribution in [3.05, 3.63) is 82.5 Å². The van der Waals surface area contributed by atoms with E-state index >= 15 is 0 Å². The minimum atomic E-state index is 0.499. The normalized spacial score (nSPS) is 25.9. The first kappa shape index (κ1) is 31.7. The van der Waals surface area contributed by atoms with E-state index in [1.54, 1.807) is 22.3 Å². The van der Waals surface area contributed by atoms with E-state index in [4.69, 9.17) is 12.3 Å². The molecule has 0 aromatic carbocycles. The van der Waals surface area contributed by atoms with Crippen molar-refractivity contribution in [3.8, 4) is 0 Å². The van der Waals surface area contributed by atoms with Gasteiger partial charge in [0.2, 0.25) is 0 Å². The lowest BCUT2D eigenvalue weighted by Gasteiger charge is -2.36. The standard InChI is InChI=1S/C38H59N/c1-8-11-12-29(6)30(7)35(25-31-15-13-27(4)14-16-31)26-34-18-17-33-20-21-36(28(5)9-2)38(23-24-39)37(33)22-19-32(34)10-3/h10,12-13,15-16,27-28,32,34-35H,3,7-9,11,14,17-26,39H2,1-2,4-6H3. The first-order valence-corrected chi connectivity index (χ1v) is 16.3. The van der Waals surface area contributed by atoms with Crippen LogP contribution in [0.4, 0.5) is 0 Å². The minimum Gasteiger partial charge on any atom is -0.330 e. The molecule has 0 aliphatic heterocycles. The lowest BCUT2D eigenvalue weighted by atomic mass is 9.69. The lowest BCUT2D eigenvalue weighted by molar-refractivity contribution is 0.286. The van der Waals surface area contributed by atoms with Crippen molar-refractivity contribution in [1.29, 1.82) is 0 Å². The molecule has 39 heavy (non-hydrogen) atoms. The predicted molar refractivity (Wildman–Crippen MR) is 174 cm³/mol. The first-order chi connectivity index (χ1) is 18.8. The molecule has 0 bridgehead atoms. The van der Waals surface area contributed by atoms with Crippen molar-refractivity contribution in [2.75, 3.05) is 6.54 Å². The molecule has 3 rings (SSSR count). The molecule has 2 N–H and O–H groups in total. The topological polar surface area (TPSA) is 26.0 Å². The van der Waals surface area contributed by atoms with Crippen LogP contribution in [-0.4, -0.2) is 6.54 Å². The van der Waals surface area contributed by atoms with E-state index in [9.17, 15) is 0 Å². The highest BCUT2D eigenvalue weighted by molar-refractivity contribution is 5.44. The Morgan fingerprint density at radius 1 is 1.15 bits per heavy atom. The van der Waals surface area contributed by atoms with Gasteiger partial charge < -0.3 is 5.73 Å². The van der Waals surface area contributed by atoms with Crippen LogP contribution in [0, 0.1) is 29.6 Å². The van der Waals surface area contributed by atoms with Crippen LogP contribution in [-0.2, 0) is 0 Å². The molecule has 0 saturated carbocycles. The second-order valence-electron chi connectivity index (χ2n) is 12.9. The molecule has 0 fully saturated rings. The molecule has 0 aromatic rings. The van der Waals surface area contributed by atoms with Gasteiger partial charge in [-0.05, 0) is 137 Å². The first-order valence-electron chi connectivity index (χ1n) is 16.3. The van der Waals surface area contributed by atoms with Crippen LogP contribution in [0.3, 0.4) is 0 Å². The number of hydrogen-bond donors (Lipinski definition) is 1. The van der Waals surface area contributed by atoms with Crippen LogP contribution in [0.15, 0.2) is 82.5 Å². The molecule has 0 heterocycles. The average Bonchev–Trinajstić information content (AvgIpc) is 2.94. The Hall–Kier alpha value is -1.86. The van der Waals surface area contributed by atoms with E-state index in [-0.39, 0.29) is 0 Å². The zero-order valence-corrected chi connectivity index (χ0v) is 26.2. The van der Waals surface area contributed by atoms with Crippen LogP contribution < -0.4 is 5.73 Å². The lowest BCUT2D eigenvalue weighted by Crippen LogP contribution is -2.23. The summed E-state index contributed by atoms with van der Waals surface area (Å²) in [4.78, 5) is 0. The summed E-state index contributed by atoms with van der Waals surface area (Å²) < 4.78 is 0. The minimum absolute atomic E-state index is 0.499. The highest BCUT2D eigenvalue weighted by atomic mass is 14.5. The molecule has 3 aliphatic rings.